The number of nitrogens with one attached hydrogen (secondary N) is 1. The fraction of sp³-hybridized carbons (Fsp3) is 0.500. The van der Waals surface area contributed by atoms with Crippen molar-refractivity contribution in [2.45, 2.75) is 45.6 Å². The summed E-state index contributed by atoms with van der Waals surface area (Å²) in [4.78, 5) is 0. The SMILES string of the molecule is CCCNC(C)c1nnc(C(CC)c2ccccc2)s1. The van der Waals surface area contributed by atoms with Gasteiger partial charge in [-0.1, -0.05) is 55.5 Å². The number of aromatic nitrogens is 2. The third kappa shape index (κ3) is 3.64. The van der Waals surface area contributed by atoms with Crippen LogP contribution in [0.3, 0.4) is 0 Å². The minimum atomic E-state index is 0.287. The van der Waals surface area contributed by atoms with E-state index in [-0.39, 0.29) is 6.04 Å². The monoisotopic (exact) mass is 289 g/mol. The Balaban J connectivity index is 2.14. The van der Waals surface area contributed by atoms with E-state index in [4.69, 9.17) is 0 Å². The predicted octanol–water partition coefficient (Wildman–Crippen LogP) is 4.14. The van der Waals surface area contributed by atoms with Gasteiger partial charge in [-0.15, -0.1) is 10.2 Å². The van der Waals surface area contributed by atoms with E-state index >= 15 is 0 Å². The molecule has 2 aromatic rings. The number of rotatable bonds is 7. The Morgan fingerprint density at radius 3 is 2.45 bits per heavy atom. The van der Waals surface area contributed by atoms with Crippen LogP contribution in [0, 0.1) is 0 Å². The van der Waals surface area contributed by atoms with Gasteiger partial charge in [-0.25, -0.2) is 0 Å². The van der Waals surface area contributed by atoms with Crippen LogP contribution in [-0.4, -0.2) is 16.7 Å². The minimum absolute atomic E-state index is 0.287. The number of hydrogen-bond donors (Lipinski definition) is 1. The maximum Gasteiger partial charge on any atom is 0.134 e. The fourth-order valence-electron chi connectivity index (χ4n) is 2.25. The van der Waals surface area contributed by atoms with Gasteiger partial charge in [-0.3, -0.25) is 0 Å². The van der Waals surface area contributed by atoms with E-state index in [1.807, 2.05) is 0 Å². The minimum Gasteiger partial charge on any atom is -0.308 e. The standard InChI is InChI=1S/C16H23N3S/c1-4-11-17-12(3)15-18-19-16(20-15)14(5-2)13-9-7-6-8-10-13/h6-10,12,14,17H,4-5,11H2,1-3H3. The van der Waals surface area contributed by atoms with Crippen molar-refractivity contribution in [3.63, 3.8) is 0 Å². The van der Waals surface area contributed by atoms with Crippen LogP contribution < -0.4 is 5.32 Å². The van der Waals surface area contributed by atoms with Crippen LogP contribution in [0.4, 0.5) is 0 Å². The summed E-state index contributed by atoms with van der Waals surface area (Å²) in [6.45, 7) is 7.56. The van der Waals surface area contributed by atoms with E-state index in [2.05, 4.69) is 66.6 Å². The molecule has 0 saturated carbocycles. The highest BCUT2D eigenvalue weighted by molar-refractivity contribution is 7.11. The molecular formula is C16H23N3S. The molecule has 0 amide bonds. The quantitative estimate of drug-likeness (QED) is 0.832. The van der Waals surface area contributed by atoms with E-state index in [9.17, 15) is 0 Å². The van der Waals surface area contributed by atoms with E-state index in [1.165, 1.54) is 5.56 Å². The van der Waals surface area contributed by atoms with Gasteiger partial charge in [0.05, 0.1) is 6.04 Å². The second kappa shape index (κ2) is 7.50. The first-order valence-corrected chi connectivity index (χ1v) is 8.19. The van der Waals surface area contributed by atoms with Crippen molar-refractivity contribution in [3.05, 3.63) is 45.9 Å². The largest absolute Gasteiger partial charge is 0.308 e. The van der Waals surface area contributed by atoms with Crippen molar-refractivity contribution in [2.75, 3.05) is 6.54 Å². The summed E-state index contributed by atoms with van der Waals surface area (Å²) < 4.78 is 0. The molecule has 0 fully saturated rings. The molecule has 0 aliphatic heterocycles. The first-order valence-electron chi connectivity index (χ1n) is 7.37. The van der Waals surface area contributed by atoms with Crippen LogP contribution in [0.1, 0.15) is 61.2 Å². The maximum atomic E-state index is 4.42. The fourth-order valence-corrected chi connectivity index (χ4v) is 3.33. The van der Waals surface area contributed by atoms with E-state index < -0.39 is 0 Å². The molecule has 1 N–H and O–H groups in total. The summed E-state index contributed by atoms with van der Waals surface area (Å²) in [6.07, 6.45) is 2.19. The molecule has 2 rings (SSSR count). The van der Waals surface area contributed by atoms with Gasteiger partial charge in [-0.05, 0) is 31.9 Å². The van der Waals surface area contributed by atoms with Gasteiger partial charge < -0.3 is 5.32 Å². The van der Waals surface area contributed by atoms with Crippen molar-refractivity contribution >= 4 is 11.3 Å². The maximum absolute atomic E-state index is 4.42. The molecule has 1 aromatic carbocycles. The zero-order valence-corrected chi connectivity index (χ0v) is 13.3. The van der Waals surface area contributed by atoms with Gasteiger partial charge in [0.2, 0.25) is 0 Å². The van der Waals surface area contributed by atoms with Gasteiger partial charge in [0.25, 0.3) is 0 Å². The number of nitrogens with zero attached hydrogens (tertiary/aromatic N) is 2. The molecule has 0 bridgehead atoms. The zero-order chi connectivity index (χ0) is 14.4. The molecule has 20 heavy (non-hydrogen) atoms. The van der Waals surface area contributed by atoms with Crippen molar-refractivity contribution in [2.24, 2.45) is 0 Å². The molecule has 1 aromatic heterocycles. The lowest BCUT2D eigenvalue weighted by molar-refractivity contribution is 0.563. The van der Waals surface area contributed by atoms with E-state index in [1.54, 1.807) is 11.3 Å². The van der Waals surface area contributed by atoms with E-state index in [0.29, 0.717) is 5.92 Å². The van der Waals surface area contributed by atoms with Gasteiger partial charge in [0, 0.05) is 5.92 Å². The summed E-state index contributed by atoms with van der Waals surface area (Å²) >= 11 is 1.73. The molecule has 0 saturated heterocycles. The summed E-state index contributed by atoms with van der Waals surface area (Å²) in [5.74, 6) is 0.362. The van der Waals surface area contributed by atoms with Crippen molar-refractivity contribution in [1.82, 2.24) is 15.5 Å². The summed E-state index contributed by atoms with van der Waals surface area (Å²) in [6, 6.07) is 10.9. The molecule has 2 unspecified atom stereocenters. The highest BCUT2D eigenvalue weighted by Crippen LogP contribution is 2.31. The van der Waals surface area contributed by atoms with E-state index in [0.717, 1.165) is 29.4 Å². The second-order valence-corrected chi connectivity index (χ2v) is 6.07. The van der Waals surface area contributed by atoms with Crippen LogP contribution in [0.25, 0.3) is 0 Å². The van der Waals surface area contributed by atoms with Crippen LogP contribution in [-0.2, 0) is 0 Å². The lowest BCUT2D eigenvalue weighted by Crippen LogP contribution is -2.19. The van der Waals surface area contributed by atoms with Crippen LogP contribution in [0.5, 0.6) is 0 Å². The van der Waals surface area contributed by atoms with Gasteiger partial charge in [-0.2, -0.15) is 0 Å². The van der Waals surface area contributed by atoms with Crippen LogP contribution in [0.2, 0.25) is 0 Å². The average Bonchev–Trinajstić information content (AvgIpc) is 2.96. The van der Waals surface area contributed by atoms with Gasteiger partial charge in [0.15, 0.2) is 0 Å². The molecular weight excluding hydrogens is 266 g/mol. The summed E-state index contributed by atoms with van der Waals surface area (Å²) in [5, 5.41) is 14.5. The normalized spacial score (nSPS) is 14.2. The molecule has 0 spiro atoms. The third-order valence-corrected chi connectivity index (χ3v) is 4.66. The predicted molar refractivity (Wildman–Crippen MR) is 85.2 cm³/mol. The van der Waals surface area contributed by atoms with Crippen LogP contribution >= 0.6 is 11.3 Å². The zero-order valence-electron chi connectivity index (χ0n) is 12.5. The summed E-state index contributed by atoms with van der Waals surface area (Å²) in [7, 11) is 0. The van der Waals surface area contributed by atoms with Crippen molar-refractivity contribution in [1.29, 1.82) is 0 Å². The number of hydrogen-bond acceptors (Lipinski definition) is 4. The van der Waals surface area contributed by atoms with Crippen molar-refractivity contribution < 1.29 is 0 Å². The molecule has 3 nitrogen and oxygen atoms in total. The smallest absolute Gasteiger partial charge is 0.134 e. The topological polar surface area (TPSA) is 37.8 Å². The Morgan fingerprint density at radius 2 is 1.80 bits per heavy atom. The van der Waals surface area contributed by atoms with Gasteiger partial charge >= 0.3 is 0 Å². The molecule has 0 aliphatic carbocycles. The Bertz CT molecular complexity index is 509. The Kier molecular flexibility index (Phi) is 5.68. The highest BCUT2D eigenvalue weighted by atomic mass is 32.1. The summed E-state index contributed by atoms with van der Waals surface area (Å²) in [5.41, 5.74) is 1.33. The molecule has 0 aliphatic rings. The Labute approximate surface area is 125 Å². The Hall–Kier alpha value is -1.26. The first kappa shape index (κ1) is 15.1. The average molecular weight is 289 g/mol. The van der Waals surface area contributed by atoms with Crippen LogP contribution in [0.15, 0.2) is 30.3 Å². The highest BCUT2D eigenvalue weighted by Gasteiger charge is 2.19. The number of benzene rings is 1. The molecule has 2 atom stereocenters. The Morgan fingerprint density at radius 1 is 1.10 bits per heavy atom. The third-order valence-electron chi connectivity index (χ3n) is 3.44. The lowest BCUT2D eigenvalue weighted by atomic mass is 9.97. The van der Waals surface area contributed by atoms with Gasteiger partial charge in [0.1, 0.15) is 10.0 Å². The molecule has 108 valence electrons. The lowest BCUT2D eigenvalue weighted by Gasteiger charge is -2.11. The second-order valence-electron chi connectivity index (χ2n) is 5.03. The van der Waals surface area contributed by atoms with Crippen molar-refractivity contribution in [3.8, 4) is 0 Å². The molecule has 4 heteroatoms. The molecule has 0 radical (unpaired) electrons. The first-order chi connectivity index (χ1) is 9.76. The molecule has 1 heterocycles.